The molecule has 3 aromatic rings. The highest BCUT2D eigenvalue weighted by Gasteiger charge is 2.42. The van der Waals surface area contributed by atoms with Crippen molar-refractivity contribution in [3.05, 3.63) is 46.6 Å². The Labute approximate surface area is 304 Å². The molecule has 1 amide bonds. The minimum atomic E-state index is -4.55. The summed E-state index contributed by atoms with van der Waals surface area (Å²) in [7, 11) is -4.55. The first-order valence-electron chi connectivity index (χ1n) is 17.3. The molecule has 2 aromatic carbocycles. The molecule has 1 aromatic heterocycles. The molecule has 1 aliphatic carbocycles. The van der Waals surface area contributed by atoms with Gasteiger partial charge in [0.2, 0.25) is 5.91 Å². The minimum Gasteiger partial charge on any atom is -0.489 e. The summed E-state index contributed by atoms with van der Waals surface area (Å²) in [5.41, 5.74) is 1.25. The van der Waals surface area contributed by atoms with Crippen molar-refractivity contribution in [3.63, 3.8) is 0 Å². The van der Waals surface area contributed by atoms with E-state index in [2.05, 4.69) is 27.4 Å². The number of piperidine rings is 1. The van der Waals surface area contributed by atoms with Crippen molar-refractivity contribution < 1.29 is 45.4 Å². The average molecular weight is 767 g/mol. The third kappa shape index (κ3) is 8.94. The SMILES string of the molecule is CC(=O)NS(=O)(=O)c1cc(OCCO)c(NCC#Cc2sc3c(NC4CCC(N5CCC6(CC5)COC6)CC4)cccc3c2CC(F)(F)F)cc1F. The standard InChI is InChI=1S/C36H42F4N4O6S2/c1-23(46)43-52(47,48)33-19-31(50-17-16-45)30(18-28(33)37)41-13-3-6-32-27(20-36(38,39)40)26-4-2-5-29(34(26)51-32)42-24-7-9-25(10-8-24)44-14-11-35(12-15-44)21-49-22-35/h2,4-5,18-19,24-25,41-42,45H,7-17,20-22H2,1H3,(H,43,46). The summed E-state index contributed by atoms with van der Waals surface area (Å²) in [4.78, 5) is 13.4. The van der Waals surface area contributed by atoms with E-state index in [1.165, 1.54) is 24.2 Å². The molecule has 16 heteroatoms. The van der Waals surface area contributed by atoms with Crippen LogP contribution in [0, 0.1) is 23.1 Å². The number of anilines is 2. The lowest BCUT2D eigenvalue weighted by Gasteiger charge is -2.49. The van der Waals surface area contributed by atoms with Crippen LogP contribution in [-0.2, 0) is 26.0 Å². The van der Waals surface area contributed by atoms with Gasteiger partial charge in [0.25, 0.3) is 10.0 Å². The molecule has 10 nitrogen and oxygen atoms in total. The Balaban J connectivity index is 1.16. The number of sulfonamides is 1. The number of halogens is 4. The highest BCUT2D eigenvalue weighted by atomic mass is 32.2. The van der Waals surface area contributed by atoms with Crippen molar-refractivity contribution >= 4 is 48.7 Å². The van der Waals surface area contributed by atoms with Crippen molar-refractivity contribution in [1.29, 1.82) is 0 Å². The van der Waals surface area contributed by atoms with E-state index in [0.29, 0.717) is 21.5 Å². The summed E-state index contributed by atoms with van der Waals surface area (Å²) in [5, 5.41) is 16.1. The summed E-state index contributed by atoms with van der Waals surface area (Å²) in [6, 6.07) is 7.79. The highest BCUT2D eigenvalue weighted by molar-refractivity contribution is 7.90. The third-order valence-corrected chi connectivity index (χ3v) is 12.6. The maximum atomic E-state index is 14.9. The van der Waals surface area contributed by atoms with Gasteiger partial charge in [-0.2, -0.15) is 13.2 Å². The summed E-state index contributed by atoms with van der Waals surface area (Å²) in [5.74, 6) is 3.43. The molecule has 3 fully saturated rings. The number of nitrogens with zero attached hydrogens (tertiary/aromatic N) is 1. The summed E-state index contributed by atoms with van der Waals surface area (Å²) >= 11 is 1.19. The van der Waals surface area contributed by atoms with Crippen LogP contribution in [0.5, 0.6) is 5.75 Å². The van der Waals surface area contributed by atoms with E-state index in [-0.39, 0.29) is 41.1 Å². The van der Waals surface area contributed by atoms with Crippen LogP contribution in [0.4, 0.5) is 28.9 Å². The summed E-state index contributed by atoms with van der Waals surface area (Å²) < 4.78 is 94.5. The number of carbonyl (C=O) groups excluding carboxylic acids is 1. The molecule has 1 spiro atoms. The van der Waals surface area contributed by atoms with Crippen molar-refractivity contribution in [3.8, 4) is 17.6 Å². The maximum Gasteiger partial charge on any atom is 0.393 e. The summed E-state index contributed by atoms with van der Waals surface area (Å²) in [6.07, 6.45) is 0.811. The normalized spacial score (nSPS) is 20.5. The molecule has 2 saturated heterocycles. The highest BCUT2D eigenvalue weighted by Crippen LogP contribution is 2.42. The first kappa shape index (κ1) is 38.1. The lowest BCUT2D eigenvalue weighted by atomic mass is 9.76. The fourth-order valence-corrected chi connectivity index (χ4v) is 9.51. The molecule has 4 N–H and O–H groups in total. The second-order valence-corrected chi connectivity index (χ2v) is 16.4. The van der Waals surface area contributed by atoms with Gasteiger partial charge < -0.3 is 30.1 Å². The number of hydrogen-bond acceptors (Lipinski definition) is 10. The van der Waals surface area contributed by atoms with E-state index in [0.717, 1.165) is 76.7 Å². The quantitative estimate of drug-likeness (QED) is 0.145. The van der Waals surface area contributed by atoms with E-state index in [9.17, 15) is 35.9 Å². The van der Waals surface area contributed by atoms with E-state index in [4.69, 9.17) is 9.47 Å². The lowest BCUT2D eigenvalue weighted by molar-refractivity contribution is -0.143. The number of aliphatic hydroxyl groups is 1. The molecular formula is C36H42F4N4O6S2. The number of ether oxygens (including phenoxy) is 2. The largest absolute Gasteiger partial charge is 0.489 e. The predicted molar refractivity (Wildman–Crippen MR) is 191 cm³/mol. The monoisotopic (exact) mass is 766 g/mol. The van der Waals surface area contributed by atoms with Crippen molar-refractivity contribution in [2.24, 2.45) is 5.41 Å². The number of alkyl halides is 3. The summed E-state index contributed by atoms with van der Waals surface area (Å²) in [6.45, 7) is 4.11. The molecule has 6 rings (SSSR count). The van der Waals surface area contributed by atoms with E-state index in [1.54, 1.807) is 16.9 Å². The third-order valence-electron chi connectivity index (χ3n) is 9.96. The van der Waals surface area contributed by atoms with Gasteiger partial charge in [0.1, 0.15) is 23.1 Å². The Morgan fingerprint density at radius 1 is 1.13 bits per heavy atom. The van der Waals surface area contributed by atoms with Crippen LogP contribution in [0.1, 0.15) is 55.9 Å². The van der Waals surface area contributed by atoms with Crippen LogP contribution in [0.2, 0.25) is 0 Å². The number of likely N-dealkylation sites (tertiary alicyclic amines) is 1. The van der Waals surface area contributed by atoms with Crippen molar-refractivity contribution in [1.82, 2.24) is 9.62 Å². The van der Waals surface area contributed by atoms with Crippen LogP contribution in [0.3, 0.4) is 0 Å². The number of benzene rings is 2. The Bertz CT molecular complexity index is 1940. The molecular weight excluding hydrogens is 725 g/mol. The van der Waals surface area contributed by atoms with Crippen molar-refractivity contribution in [2.75, 3.05) is 56.7 Å². The topological polar surface area (TPSA) is 129 Å². The fraction of sp³-hybridized carbons (Fsp3) is 0.528. The van der Waals surface area contributed by atoms with Crippen LogP contribution >= 0.6 is 11.3 Å². The van der Waals surface area contributed by atoms with Gasteiger partial charge in [-0.1, -0.05) is 24.0 Å². The molecule has 52 heavy (non-hydrogen) atoms. The first-order valence-corrected chi connectivity index (χ1v) is 19.6. The van der Waals surface area contributed by atoms with E-state index >= 15 is 0 Å². The van der Waals surface area contributed by atoms with Crippen LogP contribution in [0.15, 0.2) is 35.2 Å². The zero-order chi connectivity index (χ0) is 37.1. The first-order chi connectivity index (χ1) is 24.8. The van der Waals surface area contributed by atoms with Gasteiger partial charge in [-0.25, -0.2) is 17.5 Å². The predicted octanol–water partition coefficient (Wildman–Crippen LogP) is 5.64. The van der Waals surface area contributed by atoms with Gasteiger partial charge in [-0.05, 0) is 68.6 Å². The van der Waals surface area contributed by atoms with Gasteiger partial charge in [0, 0.05) is 36.6 Å². The second-order valence-electron chi connectivity index (χ2n) is 13.7. The Morgan fingerprint density at radius 2 is 1.87 bits per heavy atom. The van der Waals surface area contributed by atoms with Crippen LogP contribution in [0.25, 0.3) is 10.1 Å². The number of fused-ring (bicyclic) bond motifs is 1. The number of aliphatic hydroxyl groups excluding tert-OH is 1. The number of rotatable bonds is 11. The maximum absolute atomic E-state index is 14.9. The molecule has 1 saturated carbocycles. The fourth-order valence-electron chi connectivity index (χ4n) is 7.27. The number of hydrogen-bond donors (Lipinski definition) is 4. The molecule has 3 heterocycles. The van der Waals surface area contributed by atoms with Gasteiger partial charge in [-0.3, -0.25) is 4.79 Å². The molecule has 0 bridgehead atoms. The lowest BCUT2D eigenvalue weighted by Crippen LogP contribution is -2.53. The van der Waals surface area contributed by atoms with Gasteiger partial charge in [0.15, 0.2) is 0 Å². The van der Waals surface area contributed by atoms with Crippen LogP contribution < -0.4 is 20.1 Å². The minimum absolute atomic E-state index is 0.00717. The van der Waals surface area contributed by atoms with E-state index in [1.807, 2.05) is 6.07 Å². The Kier molecular flexibility index (Phi) is 11.6. The number of nitrogens with one attached hydrogen (secondary N) is 3. The zero-order valence-corrected chi connectivity index (χ0v) is 30.3. The average Bonchev–Trinajstić information content (AvgIpc) is 3.41. The molecule has 0 atom stereocenters. The second kappa shape index (κ2) is 15.8. The smallest absolute Gasteiger partial charge is 0.393 e. The van der Waals surface area contributed by atoms with Gasteiger partial charge in [-0.15, -0.1) is 11.3 Å². The number of amides is 1. The van der Waals surface area contributed by atoms with Gasteiger partial charge >= 0.3 is 6.18 Å². The number of thiophene rings is 1. The van der Waals surface area contributed by atoms with Crippen molar-refractivity contribution in [2.45, 2.75) is 75.0 Å². The zero-order valence-electron chi connectivity index (χ0n) is 28.7. The Hall–Kier alpha value is -3.62. The van der Waals surface area contributed by atoms with E-state index < -0.39 is 45.8 Å². The molecule has 2 aliphatic heterocycles. The van der Waals surface area contributed by atoms with Gasteiger partial charge in [0.05, 0.1) is 53.7 Å². The molecule has 282 valence electrons. The Morgan fingerprint density at radius 3 is 2.50 bits per heavy atom. The molecule has 3 aliphatic rings. The number of carbonyl (C=O) groups is 1. The molecule has 0 radical (unpaired) electrons. The van der Waals surface area contributed by atoms with Crippen LogP contribution in [-0.4, -0.2) is 88.7 Å². The molecule has 0 unspecified atom stereocenters.